The van der Waals surface area contributed by atoms with Crippen LogP contribution >= 0.6 is 0 Å². The van der Waals surface area contributed by atoms with Gasteiger partial charge in [-0.05, 0) is 37.8 Å². The number of para-hydroxylation sites is 3. The Balaban J connectivity index is -0.000000408. The SMILES string of the molecule is NC1CC1.O=CO[O-].O=[N+]([O-])c1ccccc1F.O=[N+]([O-])c1ccccc1NC1CC1.[H-].[K+].[K+]. The van der Waals surface area contributed by atoms with Crippen molar-refractivity contribution in [3.63, 3.8) is 0 Å². The van der Waals surface area contributed by atoms with Crippen LogP contribution in [-0.4, -0.2) is 28.4 Å². The number of nitro benzene ring substituents is 2. The minimum absolute atomic E-state index is 0. The molecule has 0 unspecified atom stereocenters. The molecule has 2 aromatic rings. The second-order valence-electron chi connectivity index (χ2n) is 6.43. The van der Waals surface area contributed by atoms with Crippen molar-refractivity contribution in [1.29, 1.82) is 0 Å². The van der Waals surface area contributed by atoms with Crippen molar-refractivity contribution >= 4 is 23.5 Å². The first-order chi connectivity index (χ1) is 14.8. The van der Waals surface area contributed by atoms with E-state index in [4.69, 9.17) is 15.8 Å². The molecule has 33 heavy (non-hydrogen) atoms. The van der Waals surface area contributed by atoms with Crippen molar-refractivity contribution in [1.82, 2.24) is 0 Å². The number of nitro groups is 2. The molecule has 4 rings (SSSR count). The van der Waals surface area contributed by atoms with Gasteiger partial charge in [0, 0.05) is 24.2 Å². The molecule has 0 spiro atoms. The second kappa shape index (κ2) is 19.9. The third kappa shape index (κ3) is 16.8. The topological polar surface area (TPSA) is 174 Å². The normalized spacial score (nSPS) is 12.7. The quantitative estimate of drug-likeness (QED) is 0.135. The fourth-order valence-electron chi connectivity index (χ4n) is 1.90. The number of hydrogen-bond donors (Lipinski definition) is 2. The molecule has 14 heteroatoms. The number of halogens is 1. The minimum Gasteiger partial charge on any atom is -1.00 e. The number of carbonyl (C=O) groups is 1. The third-order valence-corrected chi connectivity index (χ3v) is 3.75. The Bertz CT molecular complexity index is 878. The molecule has 3 N–H and O–H groups in total. The summed E-state index contributed by atoms with van der Waals surface area (Å²) in [6.07, 6.45) is 4.76. The van der Waals surface area contributed by atoms with Crippen LogP contribution in [0.3, 0.4) is 0 Å². The second-order valence-corrected chi connectivity index (χ2v) is 6.43. The number of carbonyl (C=O) groups excluding carboxylic acids is 1. The fraction of sp³-hybridized carbons (Fsp3) is 0.316. The standard InChI is InChI=1S/C9H10N2O2.C6H4FNO2.C3H7N.CH2O3.2K.H/c12-11(13)9-4-2-1-3-8(9)10-7-5-6-7;7-5-3-1-2-4-6(5)8(9)10;4-3-1-2-3;2-1-4-3;;;/h1-4,7,10H,5-6H2;1-4H;3H,1-2,4H2;1,3H;;;/q;;;;2*+1;-1/p-1. The molecule has 0 aromatic heterocycles. The van der Waals surface area contributed by atoms with Gasteiger partial charge in [-0.15, -0.1) is 0 Å². The summed E-state index contributed by atoms with van der Waals surface area (Å²) in [5, 5.41) is 32.1. The first kappa shape index (κ1) is 34.8. The van der Waals surface area contributed by atoms with E-state index in [1.165, 1.54) is 31.0 Å². The molecule has 0 radical (unpaired) electrons. The van der Waals surface area contributed by atoms with Crippen LogP contribution in [0.5, 0.6) is 0 Å². The predicted molar refractivity (Wildman–Crippen MR) is 108 cm³/mol. The maximum atomic E-state index is 12.4. The van der Waals surface area contributed by atoms with Gasteiger partial charge in [0.2, 0.25) is 5.82 Å². The van der Waals surface area contributed by atoms with Crippen LogP contribution in [0.4, 0.5) is 21.5 Å². The largest absolute Gasteiger partial charge is 1.00 e. The van der Waals surface area contributed by atoms with Crippen molar-refractivity contribution in [3.05, 3.63) is 74.6 Å². The van der Waals surface area contributed by atoms with Gasteiger partial charge in [-0.25, -0.2) is 0 Å². The zero-order chi connectivity index (χ0) is 23.2. The average Bonchev–Trinajstić information content (AvgIpc) is 3.68. The number of benzene rings is 2. The fourth-order valence-corrected chi connectivity index (χ4v) is 1.90. The van der Waals surface area contributed by atoms with E-state index in [-0.39, 0.29) is 121 Å². The van der Waals surface area contributed by atoms with Gasteiger partial charge in [0.25, 0.3) is 12.2 Å². The van der Waals surface area contributed by atoms with E-state index in [0.717, 1.165) is 25.0 Å². The number of nitrogens with zero attached hydrogens (tertiary/aromatic N) is 2. The summed E-state index contributed by atoms with van der Waals surface area (Å²) in [5.41, 5.74) is 5.53. The van der Waals surface area contributed by atoms with E-state index in [1.54, 1.807) is 18.2 Å². The number of anilines is 1. The van der Waals surface area contributed by atoms with Crippen LogP contribution in [0.1, 0.15) is 27.1 Å². The monoisotopic (exact) mass is 516 g/mol. The maximum Gasteiger partial charge on any atom is 1.00 e. The van der Waals surface area contributed by atoms with Crippen LogP contribution in [0.15, 0.2) is 48.5 Å². The van der Waals surface area contributed by atoms with Gasteiger partial charge in [0.15, 0.2) is 0 Å². The summed E-state index contributed by atoms with van der Waals surface area (Å²) in [4.78, 5) is 30.7. The molecule has 11 nitrogen and oxygen atoms in total. The van der Waals surface area contributed by atoms with Crippen molar-refractivity contribution in [2.75, 3.05) is 5.32 Å². The molecule has 2 saturated carbocycles. The molecule has 0 atom stereocenters. The zero-order valence-corrected chi connectivity index (χ0v) is 24.6. The van der Waals surface area contributed by atoms with Crippen LogP contribution in [-0.2, 0) is 9.68 Å². The summed E-state index contributed by atoms with van der Waals surface area (Å²) in [7, 11) is 0. The molecular weight excluding hydrogens is 493 g/mol. The van der Waals surface area contributed by atoms with Crippen LogP contribution < -0.4 is 119 Å². The number of rotatable bonds is 5. The van der Waals surface area contributed by atoms with Gasteiger partial charge >= 0.3 is 108 Å². The zero-order valence-electron chi connectivity index (χ0n) is 19.4. The van der Waals surface area contributed by atoms with Gasteiger partial charge in [0.1, 0.15) is 5.69 Å². The third-order valence-electron chi connectivity index (χ3n) is 3.75. The summed E-state index contributed by atoms with van der Waals surface area (Å²) < 4.78 is 12.4. The molecule has 0 bridgehead atoms. The molecule has 0 amide bonds. The summed E-state index contributed by atoms with van der Waals surface area (Å²) in [5.74, 6) is -0.799. The first-order valence-electron chi connectivity index (χ1n) is 9.16. The van der Waals surface area contributed by atoms with Crippen molar-refractivity contribution in [3.8, 4) is 0 Å². The van der Waals surface area contributed by atoms with Crippen molar-refractivity contribution in [2.45, 2.75) is 37.8 Å². The Kier molecular flexibility index (Phi) is 21.0. The molecular formula is C19H23FK2N4O7. The van der Waals surface area contributed by atoms with E-state index in [9.17, 15) is 24.6 Å². The van der Waals surface area contributed by atoms with E-state index in [0.29, 0.717) is 17.8 Å². The van der Waals surface area contributed by atoms with Gasteiger partial charge in [-0.1, -0.05) is 24.3 Å². The Morgan fingerprint density at radius 2 is 1.39 bits per heavy atom. The minimum atomic E-state index is -0.799. The van der Waals surface area contributed by atoms with E-state index in [2.05, 4.69) is 10.2 Å². The molecule has 2 aliphatic carbocycles. The molecule has 0 saturated heterocycles. The Morgan fingerprint density at radius 3 is 1.73 bits per heavy atom. The van der Waals surface area contributed by atoms with Crippen LogP contribution in [0.25, 0.3) is 0 Å². The van der Waals surface area contributed by atoms with Crippen LogP contribution in [0, 0.1) is 26.0 Å². The molecule has 0 heterocycles. The molecule has 170 valence electrons. The van der Waals surface area contributed by atoms with Gasteiger partial charge in [0.05, 0.1) is 9.85 Å². The van der Waals surface area contributed by atoms with Crippen molar-refractivity contribution in [2.24, 2.45) is 5.73 Å². The Labute approximate surface area is 276 Å². The summed E-state index contributed by atoms with van der Waals surface area (Å²) in [6, 6.07) is 12.8. The molecule has 2 aromatic carbocycles. The number of hydrogen-bond acceptors (Lipinski definition) is 9. The Hall–Kier alpha value is -0.367. The van der Waals surface area contributed by atoms with E-state index in [1.807, 2.05) is 0 Å². The molecule has 0 aliphatic heterocycles. The van der Waals surface area contributed by atoms with E-state index >= 15 is 0 Å². The number of nitrogens with two attached hydrogens (primary N) is 1. The first-order valence-corrected chi connectivity index (χ1v) is 9.16. The maximum absolute atomic E-state index is 12.4. The van der Waals surface area contributed by atoms with Gasteiger partial charge in [-0.3, -0.25) is 25.0 Å². The van der Waals surface area contributed by atoms with E-state index < -0.39 is 16.4 Å². The predicted octanol–water partition coefficient (Wildman–Crippen LogP) is -3.43. The van der Waals surface area contributed by atoms with Gasteiger partial charge < -0.3 is 22.6 Å². The van der Waals surface area contributed by atoms with Gasteiger partial charge in [-0.2, -0.15) is 4.39 Å². The smallest absolute Gasteiger partial charge is 1.00 e. The summed E-state index contributed by atoms with van der Waals surface area (Å²) in [6.45, 7) is -0.181. The Morgan fingerprint density at radius 1 is 0.970 bits per heavy atom. The number of nitrogens with one attached hydrogen (secondary N) is 1. The molecule has 2 fully saturated rings. The van der Waals surface area contributed by atoms with Crippen LogP contribution in [0.2, 0.25) is 0 Å². The summed E-state index contributed by atoms with van der Waals surface area (Å²) >= 11 is 0. The molecule has 2 aliphatic rings. The van der Waals surface area contributed by atoms with Crippen molar-refractivity contribution < 1.29 is 133 Å². The average molecular weight is 517 g/mol.